The molecule has 0 bridgehead atoms. The third-order valence-electron chi connectivity index (χ3n) is 6.73. The summed E-state index contributed by atoms with van der Waals surface area (Å²) in [5, 5.41) is 3.97. The van der Waals surface area contributed by atoms with Crippen molar-refractivity contribution in [3.63, 3.8) is 0 Å². The van der Waals surface area contributed by atoms with Crippen LogP contribution in [0.4, 0.5) is 5.69 Å². The van der Waals surface area contributed by atoms with Crippen LogP contribution in [-0.2, 0) is 10.3 Å². The Hall–Kier alpha value is -3.54. The van der Waals surface area contributed by atoms with Crippen LogP contribution in [-0.4, -0.2) is 42.7 Å². The van der Waals surface area contributed by atoms with Crippen LogP contribution in [0.3, 0.4) is 0 Å². The van der Waals surface area contributed by atoms with Crippen molar-refractivity contribution in [1.82, 2.24) is 15.3 Å². The molecule has 1 N–H and O–H groups in total. The Balaban J connectivity index is 1.52. The highest BCUT2D eigenvalue weighted by Crippen LogP contribution is 2.40. The first kappa shape index (κ1) is 21.3. The van der Waals surface area contributed by atoms with Gasteiger partial charge in [0.2, 0.25) is 5.91 Å². The molecule has 5 rings (SSSR count). The van der Waals surface area contributed by atoms with Crippen LogP contribution < -0.4 is 10.2 Å². The number of aliphatic imine (C=N–C) groups is 1. The van der Waals surface area contributed by atoms with E-state index in [0.717, 1.165) is 65.8 Å². The van der Waals surface area contributed by atoms with Gasteiger partial charge < -0.3 is 10.2 Å². The number of amides is 1. The van der Waals surface area contributed by atoms with Gasteiger partial charge in [0.05, 0.1) is 16.9 Å². The lowest BCUT2D eigenvalue weighted by atomic mass is 9.85. The van der Waals surface area contributed by atoms with Gasteiger partial charge >= 0.3 is 0 Å². The number of hydrogen-bond donors (Lipinski definition) is 1. The molecule has 2 unspecified atom stereocenters. The first-order valence-corrected chi connectivity index (χ1v) is 11.6. The monoisotopic (exact) mass is 439 g/mol. The Morgan fingerprint density at radius 2 is 2.03 bits per heavy atom. The van der Waals surface area contributed by atoms with Gasteiger partial charge in [0, 0.05) is 55.6 Å². The summed E-state index contributed by atoms with van der Waals surface area (Å²) in [5.74, 6) is 0.301. The summed E-state index contributed by atoms with van der Waals surface area (Å²) in [6, 6.07) is 14.5. The summed E-state index contributed by atoms with van der Waals surface area (Å²) < 4.78 is 0. The van der Waals surface area contributed by atoms with Crippen LogP contribution in [0, 0.1) is 5.92 Å². The molecule has 0 saturated carbocycles. The molecule has 4 heterocycles. The number of fused-ring (bicyclic) bond motifs is 1. The van der Waals surface area contributed by atoms with Crippen LogP contribution in [0.2, 0.25) is 0 Å². The maximum absolute atomic E-state index is 12.0. The van der Waals surface area contributed by atoms with Crippen LogP contribution in [0.5, 0.6) is 0 Å². The number of allylic oxidation sites excluding steroid dienone is 1. The van der Waals surface area contributed by atoms with Crippen molar-refractivity contribution in [1.29, 1.82) is 0 Å². The molecule has 168 valence electrons. The van der Waals surface area contributed by atoms with Gasteiger partial charge in [0.1, 0.15) is 5.54 Å². The molecule has 6 nitrogen and oxygen atoms in total. The molecule has 0 radical (unpaired) electrons. The Morgan fingerprint density at radius 1 is 1.18 bits per heavy atom. The zero-order valence-corrected chi connectivity index (χ0v) is 19.2. The highest BCUT2D eigenvalue weighted by Gasteiger charge is 2.35. The van der Waals surface area contributed by atoms with Crippen molar-refractivity contribution in [3.8, 4) is 11.3 Å². The van der Waals surface area contributed by atoms with Crippen LogP contribution in [0.15, 0.2) is 65.8 Å². The van der Waals surface area contributed by atoms with E-state index in [4.69, 9.17) is 9.98 Å². The number of pyridine rings is 2. The van der Waals surface area contributed by atoms with Crippen LogP contribution >= 0.6 is 0 Å². The van der Waals surface area contributed by atoms with Crippen molar-refractivity contribution in [3.05, 3.63) is 66.5 Å². The van der Waals surface area contributed by atoms with Crippen molar-refractivity contribution >= 4 is 28.7 Å². The lowest BCUT2D eigenvalue weighted by Crippen LogP contribution is -2.23. The predicted octanol–water partition coefficient (Wildman–Crippen LogP) is 4.51. The summed E-state index contributed by atoms with van der Waals surface area (Å²) in [6.45, 7) is 0.791. The van der Waals surface area contributed by atoms with Gasteiger partial charge in [-0.3, -0.25) is 14.8 Å². The van der Waals surface area contributed by atoms with Gasteiger partial charge in [0.15, 0.2) is 0 Å². The molecule has 6 heteroatoms. The SMILES string of the molecule is CN(C)c1ccc(-c2cc3ncccc3c(C3(CCCC4CCNC4=O)C=CC=N3)n2)cc1. The third kappa shape index (κ3) is 4.13. The number of nitrogens with zero attached hydrogens (tertiary/aromatic N) is 4. The Bertz CT molecular complexity index is 1220. The summed E-state index contributed by atoms with van der Waals surface area (Å²) in [6.07, 6.45) is 11.4. The average Bonchev–Trinajstić information content (AvgIpc) is 3.48. The number of nitrogens with one attached hydrogen (secondary N) is 1. The van der Waals surface area contributed by atoms with E-state index in [1.165, 1.54) is 0 Å². The molecule has 33 heavy (non-hydrogen) atoms. The highest BCUT2D eigenvalue weighted by molar-refractivity contribution is 5.87. The quantitative estimate of drug-likeness (QED) is 0.588. The van der Waals surface area contributed by atoms with Crippen molar-refractivity contribution in [2.75, 3.05) is 25.5 Å². The molecule has 2 aromatic heterocycles. The molecule has 0 spiro atoms. The van der Waals surface area contributed by atoms with E-state index in [9.17, 15) is 4.79 Å². The minimum absolute atomic E-state index is 0.115. The van der Waals surface area contributed by atoms with E-state index < -0.39 is 5.54 Å². The van der Waals surface area contributed by atoms with Crippen LogP contribution in [0.1, 0.15) is 31.4 Å². The second-order valence-electron chi connectivity index (χ2n) is 9.10. The summed E-state index contributed by atoms with van der Waals surface area (Å²) in [5.41, 5.74) is 4.41. The molecule has 1 fully saturated rings. The number of anilines is 1. The molecular weight excluding hydrogens is 410 g/mol. The Kier molecular flexibility index (Phi) is 5.67. The zero-order chi connectivity index (χ0) is 22.8. The molecule has 2 atom stereocenters. The summed E-state index contributed by atoms with van der Waals surface area (Å²) in [7, 11) is 4.07. The number of carbonyl (C=O) groups is 1. The molecule has 2 aliphatic rings. The lowest BCUT2D eigenvalue weighted by Gasteiger charge is -2.26. The molecule has 0 aliphatic carbocycles. The Labute approximate surface area is 194 Å². The van der Waals surface area contributed by atoms with Gasteiger partial charge in [-0.2, -0.15) is 0 Å². The standard InChI is InChI=1S/C27H29N5O/c1-32(2)21-10-8-19(9-11-21)23-18-24-22(7-4-15-28-24)25(31-23)27(14-5-16-30-27)13-3-6-20-12-17-29-26(20)33/h4-5,7-11,14-16,18,20H,3,6,12-13,17H2,1-2H3,(H,29,33). The number of rotatable bonds is 7. The highest BCUT2D eigenvalue weighted by atomic mass is 16.2. The third-order valence-corrected chi connectivity index (χ3v) is 6.73. The fraction of sp³-hybridized carbons (Fsp3) is 0.333. The van der Waals surface area contributed by atoms with Gasteiger partial charge in [-0.05, 0) is 68.2 Å². The second kappa shape index (κ2) is 8.77. The van der Waals surface area contributed by atoms with Crippen molar-refractivity contribution in [2.24, 2.45) is 10.9 Å². The first-order chi connectivity index (χ1) is 16.1. The van der Waals surface area contributed by atoms with Gasteiger partial charge in [-0.1, -0.05) is 12.1 Å². The van der Waals surface area contributed by atoms with Crippen molar-refractivity contribution in [2.45, 2.75) is 31.2 Å². The Morgan fingerprint density at radius 3 is 2.73 bits per heavy atom. The maximum atomic E-state index is 12.0. The maximum Gasteiger partial charge on any atom is 0.223 e. The molecule has 3 aromatic rings. The minimum atomic E-state index is -0.532. The van der Waals surface area contributed by atoms with E-state index in [2.05, 4.69) is 57.7 Å². The largest absolute Gasteiger partial charge is 0.378 e. The fourth-order valence-electron chi connectivity index (χ4n) is 4.85. The van der Waals surface area contributed by atoms with E-state index in [1.807, 2.05) is 38.6 Å². The first-order valence-electron chi connectivity index (χ1n) is 11.6. The normalized spacial score (nSPS) is 21.6. The lowest BCUT2D eigenvalue weighted by molar-refractivity contribution is -0.122. The molecular formula is C27H29N5O. The van der Waals surface area contributed by atoms with Gasteiger partial charge in [-0.25, -0.2) is 4.98 Å². The smallest absolute Gasteiger partial charge is 0.223 e. The van der Waals surface area contributed by atoms with Gasteiger partial charge in [-0.15, -0.1) is 0 Å². The number of carbonyl (C=O) groups excluding carboxylic acids is 1. The minimum Gasteiger partial charge on any atom is -0.378 e. The summed E-state index contributed by atoms with van der Waals surface area (Å²) >= 11 is 0. The number of benzene rings is 1. The van der Waals surface area contributed by atoms with Gasteiger partial charge in [0.25, 0.3) is 0 Å². The zero-order valence-electron chi connectivity index (χ0n) is 19.2. The van der Waals surface area contributed by atoms with E-state index >= 15 is 0 Å². The van der Waals surface area contributed by atoms with E-state index in [1.54, 1.807) is 0 Å². The van der Waals surface area contributed by atoms with E-state index in [0.29, 0.717) is 0 Å². The number of aromatic nitrogens is 2. The average molecular weight is 440 g/mol. The second-order valence-corrected chi connectivity index (χ2v) is 9.10. The molecule has 1 aromatic carbocycles. The fourth-order valence-corrected chi connectivity index (χ4v) is 4.85. The molecule has 1 amide bonds. The topological polar surface area (TPSA) is 70.5 Å². The van der Waals surface area contributed by atoms with Crippen molar-refractivity contribution < 1.29 is 4.79 Å². The number of hydrogen-bond acceptors (Lipinski definition) is 5. The predicted molar refractivity (Wildman–Crippen MR) is 134 cm³/mol. The van der Waals surface area contributed by atoms with Crippen LogP contribution in [0.25, 0.3) is 22.2 Å². The van der Waals surface area contributed by atoms with E-state index in [-0.39, 0.29) is 11.8 Å². The molecule has 2 aliphatic heterocycles. The molecule has 1 saturated heterocycles. The summed E-state index contributed by atoms with van der Waals surface area (Å²) in [4.78, 5) is 28.8.